The summed E-state index contributed by atoms with van der Waals surface area (Å²) in [6.45, 7) is 0.248. The van der Waals surface area contributed by atoms with Crippen molar-refractivity contribution < 1.29 is 14.3 Å². The summed E-state index contributed by atoms with van der Waals surface area (Å²) < 4.78 is 5.25. The van der Waals surface area contributed by atoms with Crippen molar-refractivity contribution in [3.63, 3.8) is 0 Å². The second-order valence-corrected chi connectivity index (χ2v) is 8.50. The van der Waals surface area contributed by atoms with Gasteiger partial charge in [-0.3, -0.25) is 9.59 Å². The average molecular weight is 463 g/mol. The lowest BCUT2D eigenvalue weighted by atomic mass is 9.94. The molecule has 5 nitrogen and oxygen atoms in total. The minimum atomic E-state index is -0.797. The molecule has 0 aromatic heterocycles. The number of methoxy groups -OCH3 is 1. The van der Waals surface area contributed by atoms with Crippen molar-refractivity contribution in [2.45, 2.75) is 50.7 Å². The minimum absolute atomic E-state index is 0.130. The highest BCUT2D eigenvalue weighted by Crippen LogP contribution is 2.28. The third kappa shape index (κ3) is 6.37. The molecule has 2 amide bonds. The van der Waals surface area contributed by atoms with Gasteiger partial charge >= 0.3 is 0 Å². The number of ether oxygens (including phenoxy) is 1. The van der Waals surface area contributed by atoms with Crippen LogP contribution >= 0.6 is 23.2 Å². The van der Waals surface area contributed by atoms with Crippen LogP contribution in [0.3, 0.4) is 0 Å². The number of nitrogens with one attached hydrogen (secondary N) is 1. The first kappa shape index (κ1) is 23.4. The molecule has 2 aromatic carbocycles. The molecule has 31 heavy (non-hydrogen) atoms. The van der Waals surface area contributed by atoms with Crippen LogP contribution in [-0.2, 0) is 16.1 Å². The second kappa shape index (κ2) is 11.4. The van der Waals surface area contributed by atoms with Crippen LogP contribution in [0.4, 0.5) is 0 Å². The van der Waals surface area contributed by atoms with Crippen LogP contribution < -0.4 is 10.1 Å². The van der Waals surface area contributed by atoms with E-state index in [4.69, 9.17) is 27.9 Å². The van der Waals surface area contributed by atoms with Gasteiger partial charge < -0.3 is 15.0 Å². The van der Waals surface area contributed by atoms with Crippen molar-refractivity contribution in [1.82, 2.24) is 10.2 Å². The van der Waals surface area contributed by atoms with Crippen LogP contribution in [0, 0.1) is 0 Å². The fourth-order valence-electron chi connectivity index (χ4n) is 3.97. The molecule has 1 aliphatic rings. The molecule has 7 heteroatoms. The molecule has 0 spiro atoms. The lowest BCUT2D eigenvalue weighted by molar-refractivity contribution is -0.140. The van der Waals surface area contributed by atoms with Gasteiger partial charge in [-0.1, -0.05) is 55.1 Å². The van der Waals surface area contributed by atoms with E-state index in [-0.39, 0.29) is 30.3 Å². The third-order valence-electron chi connectivity index (χ3n) is 5.64. The first-order valence-corrected chi connectivity index (χ1v) is 11.5. The van der Waals surface area contributed by atoms with Crippen LogP contribution in [0.2, 0.25) is 5.02 Å². The van der Waals surface area contributed by atoms with Crippen LogP contribution in [0.25, 0.3) is 0 Å². The Hall–Kier alpha value is -2.24. The Bertz CT molecular complexity index is 865. The molecular weight excluding hydrogens is 435 g/mol. The van der Waals surface area contributed by atoms with Gasteiger partial charge in [-0.15, -0.1) is 11.6 Å². The van der Waals surface area contributed by atoms with E-state index in [1.807, 2.05) is 24.3 Å². The van der Waals surface area contributed by atoms with Crippen molar-refractivity contribution in [3.05, 3.63) is 64.7 Å². The van der Waals surface area contributed by atoms with E-state index in [0.717, 1.165) is 31.2 Å². The molecule has 1 atom stereocenters. The average Bonchev–Trinajstić information content (AvgIpc) is 2.80. The number of amides is 2. The summed E-state index contributed by atoms with van der Waals surface area (Å²) in [5.41, 5.74) is 1.58. The van der Waals surface area contributed by atoms with Crippen molar-refractivity contribution in [3.8, 4) is 5.75 Å². The summed E-state index contributed by atoms with van der Waals surface area (Å²) >= 11 is 12.0. The van der Waals surface area contributed by atoms with Crippen molar-refractivity contribution in [2.24, 2.45) is 0 Å². The molecule has 3 rings (SSSR count). The SMILES string of the molecule is COc1ccc([C@H](C(=O)NC2CCCCC2)N(Cc2ccc(Cl)cc2)C(=O)CCl)cc1. The van der Waals surface area contributed by atoms with E-state index < -0.39 is 6.04 Å². The Morgan fingerprint density at radius 2 is 1.71 bits per heavy atom. The van der Waals surface area contributed by atoms with Gasteiger partial charge in [0.2, 0.25) is 11.8 Å². The van der Waals surface area contributed by atoms with Crippen molar-refractivity contribution >= 4 is 35.0 Å². The number of benzene rings is 2. The smallest absolute Gasteiger partial charge is 0.247 e. The molecule has 1 N–H and O–H groups in total. The van der Waals surface area contributed by atoms with Gasteiger partial charge in [-0.2, -0.15) is 0 Å². The normalized spacial score (nSPS) is 15.2. The molecule has 1 aliphatic carbocycles. The molecule has 0 aliphatic heterocycles. The zero-order valence-corrected chi connectivity index (χ0v) is 19.2. The number of halogens is 2. The summed E-state index contributed by atoms with van der Waals surface area (Å²) in [5, 5.41) is 3.78. The van der Waals surface area contributed by atoms with E-state index in [1.54, 1.807) is 31.4 Å². The monoisotopic (exact) mass is 462 g/mol. The number of hydrogen-bond donors (Lipinski definition) is 1. The molecular formula is C24H28Cl2N2O3. The Morgan fingerprint density at radius 1 is 1.06 bits per heavy atom. The highest BCUT2D eigenvalue weighted by Gasteiger charge is 2.32. The first-order chi connectivity index (χ1) is 15.0. The largest absolute Gasteiger partial charge is 0.497 e. The fraction of sp³-hybridized carbons (Fsp3) is 0.417. The predicted octanol–water partition coefficient (Wildman–Crippen LogP) is 5.11. The highest BCUT2D eigenvalue weighted by atomic mass is 35.5. The topological polar surface area (TPSA) is 58.6 Å². The molecule has 0 saturated heterocycles. The highest BCUT2D eigenvalue weighted by molar-refractivity contribution is 6.30. The van der Waals surface area contributed by atoms with Crippen LogP contribution in [0.1, 0.15) is 49.3 Å². The number of nitrogens with zero attached hydrogens (tertiary/aromatic N) is 1. The van der Waals surface area contributed by atoms with Gasteiger partial charge in [-0.25, -0.2) is 0 Å². The zero-order valence-electron chi connectivity index (χ0n) is 17.7. The maximum absolute atomic E-state index is 13.5. The first-order valence-electron chi connectivity index (χ1n) is 10.6. The van der Waals surface area contributed by atoms with Gasteiger partial charge in [0.1, 0.15) is 17.7 Å². The van der Waals surface area contributed by atoms with Gasteiger partial charge in [0.15, 0.2) is 0 Å². The molecule has 0 heterocycles. The molecule has 1 fully saturated rings. The summed E-state index contributed by atoms with van der Waals surface area (Å²) in [5.74, 6) is -0.0272. The van der Waals surface area contributed by atoms with Crippen LogP contribution in [-0.4, -0.2) is 35.7 Å². The maximum Gasteiger partial charge on any atom is 0.247 e. The molecule has 0 bridgehead atoms. The number of hydrogen-bond acceptors (Lipinski definition) is 3. The Labute approximate surface area is 193 Å². The van der Waals surface area contributed by atoms with Crippen LogP contribution in [0.5, 0.6) is 5.75 Å². The standard InChI is InChI=1S/C24H28Cl2N2O3/c1-31-21-13-9-18(10-14-21)23(24(30)27-20-5-3-2-4-6-20)28(22(29)15-25)16-17-7-11-19(26)12-8-17/h7-14,20,23H,2-6,15-16H2,1H3,(H,27,30)/t23-/m1/s1. The molecule has 166 valence electrons. The number of rotatable bonds is 8. The van der Waals surface area contributed by atoms with Gasteiger partial charge in [-0.05, 0) is 48.2 Å². The summed E-state index contributed by atoms with van der Waals surface area (Å²) in [4.78, 5) is 27.9. The molecule has 1 saturated carbocycles. The molecule has 0 radical (unpaired) electrons. The van der Waals surface area contributed by atoms with Gasteiger partial charge in [0, 0.05) is 17.6 Å². The predicted molar refractivity (Wildman–Crippen MR) is 123 cm³/mol. The Kier molecular flexibility index (Phi) is 8.61. The van der Waals surface area contributed by atoms with Crippen molar-refractivity contribution in [1.29, 1.82) is 0 Å². The summed E-state index contributed by atoms with van der Waals surface area (Å²) in [7, 11) is 1.59. The maximum atomic E-state index is 13.5. The fourth-order valence-corrected chi connectivity index (χ4v) is 4.25. The van der Waals surface area contributed by atoms with Gasteiger partial charge in [0.25, 0.3) is 0 Å². The second-order valence-electron chi connectivity index (χ2n) is 7.80. The minimum Gasteiger partial charge on any atom is -0.497 e. The lowest BCUT2D eigenvalue weighted by Gasteiger charge is -2.33. The number of carbonyl (C=O) groups excluding carboxylic acids is 2. The molecule has 0 unspecified atom stereocenters. The van der Waals surface area contributed by atoms with E-state index >= 15 is 0 Å². The van der Waals surface area contributed by atoms with E-state index in [0.29, 0.717) is 16.3 Å². The zero-order chi connectivity index (χ0) is 22.2. The van der Waals surface area contributed by atoms with Crippen LogP contribution in [0.15, 0.2) is 48.5 Å². The van der Waals surface area contributed by atoms with Crippen molar-refractivity contribution in [2.75, 3.05) is 13.0 Å². The van der Waals surface area contributed by atoms with E-state index in [2.05, 4.69) is 5.32 Å². The van der Waals surface area contributed by atoms with E-state index in [9.17, 15) is 9.59 Å². The number of carbonyl (C=O) groups is 2. The summed E-state index contributed by atoms with van der Waals surface area (Å²) in [6.07, 6.45) is 5.33. The lowest BCUT2D eigenvalue weighted by Crippen LogP contribution is -2.47. The summed E-state index contributed by atoms with van der Waals surface area (Å²) in [6, 6.07) is 13.8. The van der Waals surface area contributed by atoms with E-state index in [1.165, 1.54) is 11.3 Å². The quantitative estimate of drug-likeness (QED) is 0.554. The molecule has 2 aromatic rings. The number of alkyl halides is 1. The van der Waals surface area contributed by atoms with Gasteiger partial charge in [0.05, 0.1) is 7.11 Å². The Balaban J connectivity index is 1.93. The Morgan fingerprint density at radius 3 is 2.29 bits per heavy atom. The third-order valence-corrected chi connectivity index (χ3v) is 6.12.